The van der Waals surface area contributed by atoms with Crippen LogP contribution in [0.4, 0.5) is 5.95 Å². The minimum atomic E-state index is 0.178. The topological polar surface area (TPSA) is 29.9 Å². The summed E-state index contributed by atoms with van der Waals surface area (Å²) < 4.78 is 2.03. The van der Waals surface area contributed by atoms with E-state index in [9.17, 15) is 0 Å². The van der Waals surface area contributed by atoms with Crippen LogP contribution in [0.5, 0.6) is 0 Å². The van der Waals surface area contributed by atoms with Gasteiger partial charge in [-0.25, -0.2) is 4.98 Å². The van der Waals surface area contributed by atoms with Gasteiger partial charge in [0.05, 0.1) is 0 Å². The number of hydrogen-bond donors (Lipinski definition) is 1. The molecule has 0 saturated heterocycles. The fraction of sp³-hybridized carbons (Fsp3) is 0.727. The van der Waals surface area contributed by atoms with Gasteiger partial charge >= 0.3 is 0 Å². The lowest BCUT2D eigenvalue weighted by Gasteiger charge is -2.41. The van der Waals surface area contributed by atoms with E-state index in [1.165, 1.54) is 19.3 Å². The minimum absolute atomic E-state index is 0.178. The molecule has 1 aromatic heterocycles. The molecule has 1 saturated carbocycles. The number of hydrogen-bond acceptors (Lipinski definition) is 2. The largest absolute Gasteiger partial charge is 0.351 e. The maximum Gasteiger partial charge on any atom is 0.202 e. The predicted octanol–water partition coefficient (Wildman–Crippen LogP) is 2.41. The molecule has 1 N–H and O–H groups in total. The van der Waals surface area contributed by atoms with Crippen LogP contribution in [-0.4, -0.2) is 15.1 Å². The van der Waals surface area contributed by atoms with Gasteiger partial charge < -0.3 is 9.88 Å². The van der Waals surface area contributed by atoms with Gasteiger partial charge in [0.2, 0.25) is 5.95 Å². The van der Waals surface area contributed by atoms with Crippen LogP contribution in [0, 0.1) is 5.92 Å². The zero-order valence-corrected chi connectivity index (χ0v) is 9.25. The number of nitrogens with one attached hydrogen (secondary N) is 1. The highest BCUT2D eigenvalue weighted by molar-refractivity contribution is 5.30. The third kappa shape index (κ3) is 1.63. The summed E-state index contributed by atoms with van der Waals surface area (Å²) in [6.45, 7) is 4.54. The summed E-state index contributed by atoms with van der Waals surface area (Å²) >= 11 is 0. The third-order valence-electron chi connectivity index (χ3n) is 3.38. The van der Waals surface area contributed by atoms with Crippen molar-refractivity contribution in [3.05, 3.63) is 12.4 Å². The third-order valence-corrected chi connectivity index (χ3v) is 3.38. The molecular weight excluding hydrogens is 174 g/mol. The Morgan fingerprint density at radius 1 is 1.50 bits per heavy atom. The molecular formula is C11H19N3. The van der Waals surface area contributed by atoms with Crippen LogP contribution >= 0.6 is 0 Å². The van der Waals surface area contributed by atoms with E-state index < -0.39 is 0 Å². The maximum absolute atomic E-state index is 4.29. The second-order valence-corrected chi connectivity index (χ2v) is 4.84. The van der Waals surface area contributed by atoms with Crippen molar-refractivity contribution in [2.24, 2.45) is 13.0 Å². The predicted molar refractivity (Wildman–Crippen MR) is 58.3 cm³/mol. The Balaban J connectivity index is 2.05. The molecule has 1 fully saturated rings. The lowest BCUT2D eigenvalue weighted by molar-refractivity contribution is 0.214. The average molecular weight is 193 g/mol. The van der Waals surface area contributed by atoms with Crippen molar-refractivity contribution in [1.29, 1.82) is 0 Å². The molecule has 3 heteroatoms. The van der Waals surface area contributed by atoms with E-state index in [1.807, 2.05) is 24.0 Å². The summed E-state index contributed by atoms with van der Waals surface area (Å²) in [7, 11) is 2.02. The summed E-state index contributed by atoms with van der Waals surface area (Å²) in [5.74, 6) is 1.78. The molecule has 0 aromatic carbocycles. The molecule has 14 heavy (non-hydrogen) atoms. The molecule has 0 atom stereocenters. The van der Waals surface area contributed by atoms with Crippen molar-refractivity contribution >= 4 is 5.95 Å². The first-order chi connectivity index (χ1) is 6.59. The zero-order valence-electron chi connectivity index (χ0n) is 9.25. The Morgan fingerprint density at radius 2 is 2.21 bits per heavy atom. The fourth-order valence-electron chi connectivity index (χ4n) is 2.01. The lowest BCUT2D eigenvalue weighted by Crippen LogP contribution is -2.43. The highest BCUT2D eigenvalue weighted by atomic mass is 15.2. The van der Waals surface area contributed by atoms with Gasteiger partial charge in [-0.2, -0.15) is 0 Å². The number of nitrogens with zero attached hydrogens (tertiary/aromatic N) is 2. The number of rotatable bonds is 3. The molecule has 1 aliphatic carbocycles. The minimum Gasteiger partial charge on any atom is -0.351 e. The summed E-state index contributed by atoms with van der Waals surface area (Å²) in [5, 5.41) is 3.52. The van der Waals surface area contributed by atoms with Gasteiger partial charge in [0.1, 0.15) is 0 Å². The van der Waals surface area contributed by atoms with E-state index >= 15 is 0 Å². The first-order valence-electron chi connectivity index (χ1n) is 5.35. The van der Waals surface area contributed by atoms with Crippen molar-refractivity contribution in [2.75, 3.05) is 5.32 Å². The molecule has 0 radical (unpaired) electrons. The van der Waals surface area contributed by atoms with E-state index in [0.29, 0.717) is 0 Å². The van der Waals surface area contributed by atoms with Crippen LogP contribution in [0.3, 0.4) is 0 Å². The van der Waals surface area contributed by atoms with Crippen LogP contribution in [0.2, 0.25) is 0 Å². The molecule has 0 amide bonds. The number of aryl methyl sites for hydroxylation is 1. The molecule has 1 aliphatic rings. The summed E-state index contributed by atoms with van der Waals surface area (Å²) in [4.78, 5) is 4.29. The van der Waals surface area contributed by atoms with Crippen molar-refractivity contribution < 1.29 is 0 Å². The SMILES string of the molecule is Cn1ccnc1NC(C)(C)C1CCC1. The van der Waals surface area contributed by atoms with Gasteiger partial charge in [0, 0.05) is 25.0 Å². The number of anilines is 1. The Morgan fingerprint density at radius 3 is 2.64 bits per heavy atom. The molecule has 78 valence electrons. The van der Waals surface area contributed by atoms with E-state index in [4.69, 9.17) is 0 Å². The monoisotopic (exact) mass is 193 g/mol. The van der Waals surface area contributed by atoms with Crippen LogP contribution in [0.1, 0.15) is 33.1 Å². The first kappa shape index (κ1) is 9.56. The number of imidazole rings is 1. The standard InChI is InChI=1S/C11H19N3/c1-11(2,9-5-4-6-9)13-10-12-7-8-14(10)3/h7-9H,4-6H2,1-3H3,(H,12,13). The zero-order chi connectivity index (χ0) is 10.2. The molecule has 0 aliphatic heterocycles. The summed E-state index contributed by atoms with van der Waals surface area (Å²) in [5.41, 5.74) is 0.178. The Labute approximate surface area is 85.5 Å². The Kier molecular flexibility index (Phi) is 2.25. The van der Waals surface area contributed by atoms with Gasteiger partial charge in [0.25, 0.3) is 0 Å². The molecule has 2 rings (SSSR count). The Hall–Kier alpha value is -0.990. The first-order valence-corrected chi connectivity index (χ1v) is 5.35. The highest BCUT2D eigenvalue weighted by Crippen LogP contribution is 2.37. The molecule has 1 aromatic rings. The van der Waals surface area contributed by atoms with E-state index in [-0.39, 0.29) is 5.54 Å². The molecule has 0 spiro atoms. The molecule has 1 heterocycles. The summed E-state index contributed by atoms with van der Waals surface area (Å²) in [6.07, 6.45) is 7.89. The summed E-state index contributed by atoms with van der Waals surface area (Å²) in [6, 6.07) is 0. The van der Waals surface area contributed by atoms with E-state index in [2.05, 4.69) is 24.1 Å². The van der Waals surface area contributed by atoms with E-state index in [1.54, 1.807) is 0 Å². The quantitative estimate of drug-likeness (QED) is 0.799. The lowest BCUT2D eigenvalue weighted by atomic mass is 9.73. The van der Waals surface area contributed by atoms with Gasteiger partial charge in [-0.05, 0) is 32.6 Å². The van der Waals surface area contributed by atoms with Gasteiger partial charge in [0.15, 0.2) is 0 Å². The Bertz CT molecular complexity index is 310. The normalized spacial score (nSPS) is 17.9. The second kappa shape index (κ2) is 3.30. The fourth-order valence-corrected chi connectivity index (χ4v) is 2.01. The van der Waals surface area contributed by atoms with Gasteiger partial charge in [-0.3, -0.25) is 0 Å². The van der Waals surface area contributed by atoms with Crippen molar-refractivity contribution in [3.8, 4) is 0 Å². The maximum atomic E-state index is 4.29. The smallest absolute Gasteiger partial charge is 0.202 e. The second-order valence-electron chi connectivity index (χ2n) is 4.84. The molecule has 3 nitrogen and oxygen atoms in total. The highest BCUT2D eigenvalue weighted by Gasteiger charge is 2.34. The van der Waals surface area contributed by atoms with Gasteiger partial charge in [-0.15, -0.1) is 0 Å². The van der Waals surface area contributed by atoms with Crippen LogP contribution in [0.25, 0.3) is 0 Å². The van der Waals surface area contributed by atoms with Crippen LogP contribution < -0.4 is 5.32 Å². The molecule has 0 bridgehead atoms. The van der Waals surface area contributed by atoms with Crippen molar-refractivity contribution in [3.63, 3.8) is 0 Å². The van der Waals surface area contributed by atoms with Crippen molar-refractivity contribution in [1.82, 2.24) is 9.55 Å². The number of aromatic nitrogens is 2. The van der Waals surface area contributed by atoms with E-state index in [0.717, 1.165) is 11.9 Å². The van der Waals surface area contributed by atoms with Crippen LogP contribution in [0.15, 0.2) is 12.4 Å². The van der Waals surface area contributed by atoms with Gasteiger partial charge in [-0.1, -0.05) is 6.42 Å². The van der Waals surface area contributed by atoms with Crippen molar-refractivity contribution in [2.45, 2.75) is 38.6 Å². The van der Waals surface area contributed by atoms with Crippen LogP contribution in [-0.2, 0) is 7.05 Å². The average Bonchev–Trinajstić information content (AvgIpc) is 2.30. The molecule has 0 unspecified atom stereocenters.